The summed E-state index contributed by atoms with van der Waals surface area (Å²) in [6.07, 6.45) is 1.17. The zero-order valence-corrected chi connectivity index (χ0v) is 13.5. The predicted octanol–water partition coefficient (Wildman–Crippen LogP) is 1.25. The van der Waals surface area contributed by atoms with Gasteiger partial charge in [-0.25, -0.2) is 8.42 Å². The summed E-state index contributed by atoms with van der Waals surface area (Å²) in [5, 5.41) is 2.67. The summed E-state index contributed by atoms with van der Waals surface area (Å²) in [5.74, 6) is -0.132. The smallest absolute Gasteiger partial charge is 0.251 e. The third kappa shape index (κ3) is 5.35. The van der Waals surface area contributed by atoms with Gasteiger partial charge in [-0.1, -0.05) is 0 Å². The Kier molecular flexibility index (Phi) is 6.17. The van der Waals surface area contributed by atoms with Gasteiger partial charge >= 0.3 is 0 Å². The van der Waals surface area contributed by atoms with Crippen LogP contribution in [0.3, 0.4) is 0 Å². The summed E-state index contributed by atoms with van der Waals surface area (Å²) in [5.41, 5.74) is 0.265. The molecule has 0 spiro atoms. The van der Waals surface area contributed by atoms with Crippen molar-refractivity contribution in [1.29, 1.82) is 0 Å². The van der Waals surface area contributed by atoms with Gasteiger partial charge in [-0.2, -0.15) is 0 Å². The zero-order chi connectivity index (χ0) is 16.0. The van der Waals surface area contributed by atoms with E-state index >= 15 is 0 Å². The number of nitrogens with one attached hydrogen (secondary N) is 1. The molecule has 0 radical (unpaired) electrons. The van der Waals surface area contributed by atoms with Crippen LogP contribution in [0.25, 0.3) is 0 Å². The Morgan fingerprint density at radius 2 is 2.00 bits per heavy atom. The van der Waals surface area contributed by atoms with Crippen molar-refractivity contribution in [3.63, 3.8) is 0 Å². The Labute approximate surface area is 125 Å². The molecule has 21 heavy (non-hydrogen) atoms. The Balaban J connectivity index is 2.82. The molecule has 0 atom stereocenters. The summed E-state index contributed by atoms with van der Waals surface area (Å²) in [4.78, 5) is 12.0. The van der Waals surface area contributed by atoms with E-state index in [9.17, 15) is 13.2 Å². The molecule has 0 heterocycles. The summed E-state index contributed by atoms with van der Waals surface area (Å²) in [7, 11) is -2.09. The number of benzene rings is 1. The van der Waals surface area contributed by atoms with Crippen LogP contribution in [0.15, 0.2) is 23.1 Å². The molecule has 1 N–H and O–H groups in total. The third-order valence-electron chi connectivity index (χ3n) is 2.66. The fourth-order valence-corrected chi connectivity index (χ4v) is 2.53. The zero-order valence-electron chi connectivity index (χ0n) is 12.7. The number of ether oxygens (including phenoxy) is 2. The highest BCUT2D eigenvalue weighted by Crippen LogP contribution is 2.24. The average Bonchev–Trinajstić information content (AvgIpc) is 2.41. The van der Waals surface area contributed by atoms with Gasteiger partial charge in [-0.05, 0) is 32.0 Å². The summed E-state index contributed by atoms with van der Waals surface area (Å²) in [6.45, 7) is 4.57. The van der Waals surface area contributed by atoms with Crippen molar-refractivity contribution in [3.05, 3.63) is 23.8 Å². The quantitative estimate of drug-likeness (QED) is 0.766. The molecule has 0 unspecified atom stereocenters. The minimum Gasteiger partial charge on any atom is -0.495 e. The molecule has 0 aliphatic heterocycles. The van der Waals surface area contributed by atoms with Crippen LogP contribution in [0.1, 0.15) is 24.2 Å². The van der Waals surface area contributed by atoms with Crippen LogP contribution in [0.5, 0.6) is 5.75 Å². The number of hydrogen-bond acceptors (Lipinski definition) is 5. The molecule has 118 valence electrons. The fourth-order valence-electron chi connectivity index (χ4n) is 1.67. The van der Waals surface area contributed by atoms with Gasteiger partial charge in [0.2, 0.25) is 0 Å². The van der Waals surface area contributed by atoms with E-state index in [4.69, 9.17) is 9.47 Å². The predicted molar refractivity (Wildman–Crippen MR) is 79.5 cm³/mol. The number of carbonyl (C=O) groups is 1. The lowest BCUT2D eigenvalue weighted by Crippen LogP contribution is -2.28. The van der Waals surface area contributed by atoms with E-state index in [0.29, 0.717) is 13.2 Å². The van der Waals surface area contributed by atoms with Crippen molar-refractivity contribution >= 4 is 15.7 Å². The van der Waals surface area contributed by atoms with Crippen molar-refractivity contribution < 1.29 is 22.7 Å². The van der Waals surface area contributed by atoms with Crippen molar-refractivity contribution in [2.75, 3.05) is 26.5 Å². The Morgan fingerprint density at radius 3 is 2.52 bits per heavy atom. The van der Waals surface area contributed by atoms with Gasteiger partial charge < -0.3 is 14.8 Å². The maximum atomic E-state index is 12.0. The van der Waals surface area contributed by atoms with Crippen molar-refractivity contribution in [2.45, 2.75) is 24.8 Å². The molecule has 1 aromatic carbocycles. The molecule has 0 saturated heterocycles. The lowest BCUT2D eigenvalue weighted by atomic mass is 10.2. The van der Waals surface area contributed by atoms with Gasteiger partial charge in [0.15, 0.2) is 9.84 Å². The van der Waals surface area contributed by atoms with E-state index in [1.807, 2.05) is 13.8 Å². The average molecular weight is 315 g/mol. The van der Waals surface area contributed by atoms with E-state index in [2.05, 4.69) is 5.32 Å². The van der Waals surface area contributed by atoms with Crippen LogP contribution < -0.4 is 10.1 Å². The topological polar surface area (TPSA) is 81.7 Å². The standard InChI is InChI=1S/C14H21NO5S/c1-10(2)20-8-7-15-14(16)11-5-6-12(19-3)13(9-11)21(4,17)18/h5-6,9-10H,7-8H2,1-4H3,(H,15,16). The molecule has 0 aliphatic carbocycles. The summed E-state index contributed by atoms with van der Waals surface area (Å²) < 4.78 is 33.7. The molecule has 0 bridgehead atoms. The van der Waals surface area contributed by atoms with E-state index in [-0.39, 0.29) is 28.2 Å². The monoisotopic (exact) mass is 315 g/mol. The van der Waals surface area contributed by atoms with Crippen LogP contribution in [0.2, 0.25) is 0 Å². The van der Waals surface area contributed by atoms with Crippen molar-refractivity contribution in [3.8, 4) is 5.75 Å². The van der Waals surface area contributed by atoms with Crippen molar-refractivity contribution in [2.24, 2.45) is 0 Å². The highest BCUT2D eigenvalue weighted by Gasteiger charge is 2.17. The van der Waals surface area contributed by atoms with E-state index < -0.39 is 9.84 Å². The number of rotatable bonds is 7. The highest BCUT2D eigenvalue weighted by molar-refractivity contribution is 7.90. The lowest BCUT2D eigenvalue weighted by Gasteiger charge is -2.11. The van der Waals surface area contributed by atoms with E-state index in [1.165, 1.54) is 25.3 Å². The first-order valence-electron chi connectivity index (χ1n) is 6.53. The van der Waals surface area contributed by atoms with Gasteiger partial charge in [0, 0.05) is 18.4 Å². The van der Waals surface area contributed by atoms with Crippen LogP contribution in [-0.2, 0) is 14.6 Å². The second-order valence-electron chi connectivity index (χ2n) is 4.81. The molecule has 0 fully saturated rings. The Morgan fingerprint density at radius 1 is 1.33 bits per heavy atom. The number of amides is 1. The SMILES string of the molecule is COc1ccc(C(=O)NCCOC(C)C)cc1S(C)(=O)=O. The number of sulfone groups is 1. The van der Waals surface area contributed by atoms with Crippen molar-refractivity contribution in [1.82, 2.24) is 5.32 Å². The highest BCUT2D eigenvalue weighted by atomic mass is 32.2. The van der Waals surface area contributed by atoms with E-state index in [1.54, 1.807) is 0 Å². The maximum absolute atomic E-state index is 12.0. The first-order valence-corrected chi connectivity index (χ1v) is 8.42. The first-order chi connectivity index (χ1) is 9.75. The lowest BCUT2D eigenvalue weighted by molar-refractivity contribution is 0.0746. The van der Waals surface area contributed by atoms with Gasteiger partial charge in [0.05, 0.1) is 19.8 Å². The first kappa shape index (κ1) is 17.5. The van der Waals surface area contributed by atoms with Crippen LogP contribution in [-0.4, -0.2) is 46.9 Å². The number of carbonyl (C=O) groups excluding carboxylic acids is 1. The minimum atomic E-state index is -3.47. The summed E-state index contributed by atoms with van der Waals surface area (Å²) in [6, 6.07) is 4.30. The van der Waals surface area contributed by atoms with Gasteiger partial charge in [-0.15, -0.1) is 0 Å². The number of methoxy groups -OCH3 is 1. The Bertz CT molecular complexity index is 595. The summed E-state index contributed by atoms with van der Waals surface area (Å²) >= 11 is 0. The van der Waals surface area contributed by atoms with Gasteiger partial charge in [0.25, 0.3) is 5.91 Å². The second-order valence-corrected chi connectivity index (χ2v) is 6.80. The van der Waals surface area contributed by atoms with Crippen LogP contribution >= 0.6 is 0 Å². The molecular weight excluding hydrogens is 294 g/mol. The largest absolute Gasteiger partial charge is 0.495 e. The maximum Gasteiger partial charge on any atom is 0.251 e. The molecule has 0 aromatic heterocycles. The number of hydrogen-bond donors (Lipinski definition) is 1. The molecule has 1 amide bonds. The van der Waals surface area contributed by atoms with Crippen LogP contribution in [0.4, 0.5) is 0 Å². The Hall–Kier alpha value is -1.60. The second kappa shape index (κ2) is 7.42. The van der Waals surface area contributed by atoms with E-state index in [0.717, 1.165) is 6.26 Å². The fraction of sp³-hybridized carbons (Fsp3) is 0.500. The molecule has 1 rings (SSSR count). The molecular formula is C14H21NO5S. The molecule has 0 aliphatic rings. The van der Waals surface area contributed by atoms with Gasteiger partial charge in [0.1, 0.15) is 10.6 Å². The molecule has 0 saturated carbocycles. The van der Waals surface area contributed by atoms with Crippen LogP contribution in [0, 0.1) is 0 Å². The molecule has 7 heteroatoms. The normalized spacial score (nSPS) is 11.5. The van der Waals surface area contributed by atoms with Gasteiger partial charge in [-0.3, -0.25) is 4.79 Å². The molecule has 6 nitrogen and oxygen atoms in total. The third-order valence-corrected chi connectivity index (χ3v) is 3.78. The minimum absolute atomic E-state index is 0.00363. The molecule has 1 aromatic rings.